The standard InChI is InChI=1S/C23H15F4N3O3S/c24-14-7-13(8-15(25)9-14)11-29-12-21(34-20-4-2-1-3-18(20)30(32)33)17-6-5-16(10-19(17)29)28-23(31)22(26)27/h1-10,12,22H,11H2,(H,28,31). The van der Waals surface area contributed by atoms with E-state index in [0.717, 1.165) is 30.0 Å². The van der Waals surface area contributed by atoms with Gasteiger partial charge in [-0.05, 0) is 42.0 Å². The molecule has 174 valence electrons. The van der Waals surface area contributed by atoms with Crippen molar-refractivity contribution < 1.29 is 27.3 Å². The predicted molar refractivity (Wildman–Crippen MR) is 119 cm³/mol. The van der Waals surface area contributed by atoms with Crippen LogP contribution in [-0.4, -0.2) is 21.8 Å². The van der Waals surface area contributed by atoms with E-state index in [0.29, 0.717) is 26.3 Å². The molecule has 0 atom stereocenters. The summed E-state index contributed by atoms with van der Waals surface area (Å²) in [5.41, 5.74) is 0.780. The highest BCUT2D eigenvalue weighted by Crippen LogP contribution is 2.40. The number of fused-ring (bicyclic) bond motifs is 1. The Kier molecular flexibility index (Phi) is 6.55. The number of alkyl halides is 2. The lowest BCUT2D eigenvalue weighted by Gasteiger charge is -2.09. The second-order valence-electron chi connectivity index (χ2n) is 7.25. The van der Waals surface area contributed by atoms with Crippen molar-refractivity contribution in [1.29, 1.82) is 0 Å². The second kappa shape index (κ2) is 9.56. The van der Waals surface area contributed by atoms with Crippen LogP contribution in [0.2, 0.25) is 0 Å². The molecule has 4 aromatic rings. The maximum atomic E-state index is 13.7. The van der Waals surface area contributed by atoms with Crippen LogP contribution in [-0.2, 0) is 11.3 Å². The van der Waals surface area contributed by atoms with Crippen molar-refractivity contribution in [3.8, 4) is 0 Å². The molecule has 0 aliphatic rings. The van der Waals surface area contributed by atoms with Crippen LogP contribution >= 0.6 is 11.8 Å². The van der Waals surface area contributed by atoms with Crippen molar-refractivity contribution in [2.24, 2.45) is 0 Å². The van der Waals surface area contributed by atoms with E-state index in [2.05, 4.69) is 5.32 Å². The number of halogens is 4. The zero-order valence-corrected chi connectivity index (χ0v) is 18.0. The Hall–Kier alpha value is -3.86. The van der Waals surface area contributed by atoms with Gasteiger partial charge in [0.1, 0.15) is 11.6 Å². The molecular weight excluding hydrogens is 474 g/mol. The average molecular weight is 489 g/mol. The van der Waals surface area contributed by atoms with Crippen LogP contribution in [0.4, 0.5) is 28.9 Å². The van der Waals surface area contributed by atoms with Crippen molar-refractivity contribution in [2.75, 3.05) is 5.32 Å². The van der Waals surface area contributed by atoms with E-state index in [4.69, 9.17) is 0 Å². The molecule has 1 N–H and O–H groups in total. The van der Waals surface area contributed by atoms with Gasteiger partial charge in [0.05, 0.1) is 15.3 Å². The molecule has 1 aromatic heterocycles. The van der Waals surface area contributed by atoms with Crippen LogP contribution in [0.15, 0.2) is 76.7 Å². The number of nitrogens with one attached hydrogen (secondary N) is 1. The molecule has 1 heterocycles. The first-order chi connectivity index (χ1) is 16.2. The van der Waals surface area contributed by atoms with Gasteiger partial charge < -0.3 is 9.88 Å². The molecule has 0 radical (unpaired) electrons. The van der Waals surface area contributed by atoms with Crippen molar-refractivity contribution in [2.45, 2.75) is 22.8 Å². The van der Waals surface area contributed by atoms with Gasteiger partial charge in [0.15, 0.2) is 0 Å². The Bertz CT molecular complexity index is 1390. The van der Waals surface area contributed by atoms with E-state index in [1.54, 1.807) is 35.0 Å². The van der Waals surface area contributed by atoms with Crippen LogP contribution in [0.3, 0.4) is 0 Å². The second-order valence-corrected chi connectivity index (χ2v) is 8.33. The molecule has 0 unspecified atom stereocenters. The van der Waals surface area contributed by atoms with Gasteiger partial charge in [-0.2, -0.15) is 8.78 Å². The molecule has 0 aliphatic carbocycles. The third kappa shape index (κ3) is 5.04. The number of para-hydroxylation sites is 1. The maximum absolute atomic E-state index is 13.7. The number of amides is 1. The lowest BCUT2D eigenvalue weighted by atomic mass is 10.2. The number of nitro groups is 1. The Morgan fingerprint density at radius 1 is 1.03 bits per heavy atom. The minimum absolute atomic E-state index is 0.0227. The fourth-order valence-corrected chi connectivity index (χ4v) is 4.55. The Morgan fingerprint density at radius 3 is 2.41 bits per heavy atom. The first-order valence-electron chi connectivity index (χ1n) is 9.79. The summed E-state index contributed by atoms with van der Waals surface area (Å²) in [5, 5.41) is 14.1. The molecule has 0 bridgehead atoms. The molecule has 1 amide bonds. The van der Waals surface area contributed by atoms with Crippen LogP contribution in [0, 0.1) is 21.7 Å². The molecule has 0 saturated heterocycles. The van der Waals surface area contributed by atoms with Crippen molar-refractivity contribution in [3.05, 3.63) is 94.2 Å². The number of rotatable bonds is 7. The number of aromatic nitrogens is 1. The van der Waals surface area contributed by atoms with Gasteiger partial charge in [0.2, 0.25) is 0 Å². The maximum Gasteiger partial charge on any atom is 0.315 e. The molecular formula is C23H15F4N3O3S. The van der Waals surface area contributed by atoms with Gasteiger partial charge >= 0.3 is 6.43 Å². The van der Waals surface area contributed by atoms with E-state index in [-0.39, 0.29) is 17.9 Å². The highest BCUT2D eigenvalue weighted by atomic mass is 32.2. The van der Waals surface area contributed by atoms with Crippen molar-refractivity contribution >= 4 is 39.9 Å². The van der Waals surface area contributed by atoms with Crippen LogP contribution in [0.5, 0.6) is 0 Å². The normalized spacial score (nSPS) is 11.2. The number of nitrogens with zero attached hydrogens (tertiary/aromatic N) is 2. The van der Waals surface area contributed by atoms with Crippen molar-refractivity contribution in [3.63, 3.8) is 0 Å². The van der Waals surface area contributed by atoms with Gasteiger partial charge in [-0.15, -0.1) is 0 Å². The topological polar surface area (TPSA) is 77.2 Å². The molecule has 34 heavy (non-hydrogen) atoms. The largest absolute Gasteiger partial charge is 0.342 e. The summed E-state index contributed by atoms with van der Waals surface area (Å²) in [6, 6.07) is 13.7. The number of carbonyl (C=O) groups is 1. The summed E-state index contributed by atoms with van der Waals surface area (Å²) >= 11 is 1.12. The van der Waals surface area contributed by atoms with Crippen LogP contribution in [0.25, 0.3) is 10.9 Å². The SMILES string of the molecule is O=C(Nc1ccc2c(Sc3ccccc3[N+](=O)[O-])cn(Cc3cc(F)cc(F)c3)c2c1)C(F)F. The smallest absolute Gasteiger partial charge is 0.315 e. The summed E-state index contributed by atoms with van der Waals surface area (Å²) in [7, 11) is 0. The van der Waals surface area contributed by atoms with Gasteiger partial charge in [0.25, 0.3) is 11.6 Å². The van der Waals surface area contributed by atoms with Crippen LogP contribution < -0.4 is 5.32 Å². The summed E-state index contributed by atoms with van der Waals surface area (Å²) in [4.78, 5) is 23.3. The zero-order chi connectivity index (χ0) is 24.4. The van der Waals surface area contributed by atoms with Gasteiger partial charge in [-0.3, -0.25) is 14.9 Å². The zero-order valence-electron chi connectivity index (χ0n) is 17.2. The molecule has 3 aromatic carbocycles. The summed E-state index contributed by atoms with van der Waals surface area (Å²) < 4.78 is 54.4. The van der Waals surface area contributed by atoms with E-state index in [1.165, 1.54) is 18.2 Å². The highest BCUT2D eigenvalue weighted by Gasteiger charge is 2.19. The Morgan fingerprint density at radius 2 is 1.74 bits per heavy atom. The van der Waals surface area contributed by atoms with E-state index in [9.17, 15) is 32.5 Å². The lowest BCUT2D eigenvalue weighted by Crippen LogP contribution is -2.19. The monoisotopic (exact) mass is 489 g/mol. The van der Waals surface area contributed by atoms with Crippen LogP contribution in [0.1, 0.15) is 5.56 Å². The number of anilines is 1. The number of nitro benzene ring substituents is 1. The molecule has 11 heteroatoms. The summed E-state index contributed by atoms with van der Waals surface area (Å²) in [5.74, 6) is -2.99. The fourth-order valence-electron chi connectivity index (χ4n) is 3.46. The minimum atomic E-state index is -3.21. The van der Waals surface area contributed by atoms with Gasteiger partial charge in [0, 0.05) is 40.8 Å². The first kappa shape index (κ1) is 23.3. The molecule has 0 spiro atoms. The Labute approximate surface area is 194 Å². The van der Waals surface area contributed by atoms with E-state index < -0.39 is 28.9 Å². The third-order valence-corrected chi connectivity index (χ3v) is 5.98. The number of hydrogen-bond donors (Lipinski definition) is 1. The summed E-state index contributed by atoms with van der Waals surface area (Å²) in [6.45, 7) is 0.0227. The molecule has 4 rings (SSSR count). The van der Waals surface area contributed by atoms with Crippen molar-refractivity contribution in [1.82, 2.24) is 4.57 Å². The average Bonchev–Trinajstić information content (AvgIpc) is 3.09. The molecule has 0 saturated carbocycles. The molecule has 0 fully saturated rings. The lowest BCUT2D eigenvalue weighted by molar-refractivity contribution is -0.387. The quantitative estimate of drug-likeness (QED) is 0.190. The van der Waals surface area contributed by atoms with E-state index >= 15 is 0 Å². The van der Waals surface area contributed by atoms with Gasteiger partial charge in [-0.25, -0.2) is 8.78 Å². The summed E-state index contributed by atoms with van der Waals surface area (Å²) in [6.07, 6.45) is -1.56. The third-order valence-electron chi connectivity index (χ3n) is 4.87. The number of carbonyl (C=O) groups excluding carboxylic acids is 1. The minimum Gasteiger partial charge on any atom is -0.342 e. The fraction of sp³-hybridized carbons (Fsp3) is 0.0870. The molecule has 6 nitrogen and oxygen atoms in total. The Balaban J connectivity index is 1.80. The first-order valence-corrected chi connectivity index (χ1v) is 10.6. The predicted octanol–water partition coefficient (Wildman–Crippen LogP) is 6.23. The highest BCUT2D eigenvalue weighted by molar-refractivity contribution is 7.99. The molecule has 0 aliphatic heterocycles. The van der Waals surface area contributed by atoms with E-state index in [1.807, 2.05) is 0 Å². The number of benzene rings is 3. The number of hydrogen-bond acceptors (Lipinski definition) is 4. The van der Waals surface area contributed by atoms with Gasteiger partial charge in [-0.1, -0.05) is 23.9 Å².